The standard InChI is InChI=1S/C31H36F2O2/c1-3-5-6-8-21-10-15-27(16-11-21)35-31(34)26-19-28(32)30(29(33)20-26)25-14-13-23-17-22(7-4-2)9-12-24(23)18-25/h3-5,7,10-11,15-16,19-20,22-25H,6,8-9,12-14,17-18H2,1-2H3/b5-3+,7-4+. The average molecular weight is 479 g/mol. The molecule has 2 fully saturated rings. The molecule has 0 aromatic heterocycles. The van der Waals surface area contributed by atoms with Crippen LogP contribution in [0.25, 0.3) is 0 Å². The zero-order valence-corrected chi connectivity index (χ0v) is 20.8. The molecular formula is C31H36F2O2. The van der Waals surface area contributed by atoms with Gasteiger partial charge < -0.3 is 4.74 Å². The largest absolute Gasteiger partial charge is 0.423 e. The first kappa shape index (κ1) is 25.3. The molecule has 4 unspecified atom stereocenters. The fourth-order valence-corrected chi connectivity index (χ4v) is 6.03. The van der Waals surface area contributed by atoms with Crippen LogP contribution in [0, 0.1) is 29.4 Å². The first-order valence-corrected chi connectivity index (χ1v) is 13.0. The number of hydrogen-bond donors (Lipinski definition) is 0. The number of hydrogen-bond acceptors (Lipinski definition) is 2. The van der Waals surface area contributed by atoms with E-state index in [0.29, 0.717) is 23.5 Å². The zero-order chi connectivity index (χ0) is 24.8. The van der Waals surface area contributed by atoms with Gasteiger partial charge in [0.15, 0.2) is 0 Å². The molecule has 4 heteroatoms. The minimum absolute atomic E-state index is 0.0959. The minimum Gasteiger partial charge on any atom is -0.423 e. The van der Waals surface area contributed by atoms with Crippen molar-refractivity contribution in [2.75, 3.05) is 0 Å². The predicted molar refractivity (Wildman–Crippen MR) is 137 cm³/mol. The maximum Gasteiger partial charge on any atom is 0.343 e. The van der Waals surface area contributed by atoms with Crippen LogP contribution in [0.5, 0.6) is 5.75 Å². The fraction of sp³-hybridized carbons (Fsp3) is 0.452. The predicted octanol–water partition coefficient (Wildman–Crippen LogP) is 8.57. The Kier molecular flexibility index (Phi) is 8.54. The van der Waals surface area contributed by atoms with Gasteiger partial charge in [-0.25, -0.2) is 13.6 Å². The van der Waals surface area contributed by atoms with E-state index in [0.717, 1.165) is 62.6 Å². The Morgan fingerprint density at radius 2 is 1.63 bits per heavy atom. The smallest absolute Gasteiger partial charge is 0.343 e. The quantitative estimate of drug-likeness (QED) is 0.226. The number of allylic oxidation sites excluding steroid dienone is 4. The second-order valence-corrected chi connectivity index (χ2v) is 10.1. The molecule has 0 radical (unpaired) electrons. The summed E-state index contributed by atoms with van der Waals surface area (Å²) in [5, 5.41) is 0. The summed E-state index contributed by atoms with van der Waals surface area (Å²) in [6.45, 7) is 4.06. The van der Waals surface area contributed by atoms with Gasteiger partial charge in [0.05, 0.1) is 5.56 Å². The van der Waals surface area contributed by atoms with Crippen LogP contribution < -0.4 is 4.74 Å². The summed E-state index contributed by atoms with van der Waals surface area (Å²) in [4.78, 5) is 12.6. The Bertz CT molecular complexity index is 1050. The van der Waals surface area contributed by atoms with Gasteiger partial charge in [0.25, 0.3) is 0 Å². The molecule has 0 aliphatic heterocycles. The van der Waals surface area contributed by atoms with Crippen molar-refractivity contribution in [2.24, 2.45) is 17.8 Å². The number of esters is 1. The van der Waals surface area contributed by atoms with E-state index >= 15 is 8.78 Å². The molecule has 4 rings (SSSR count). The Hall–Kier alpha value is -2.75. The molecule has 2 saturated carbocycles. The third kappa shape index (κ3) is 6.28. The van der Waals surface area contributed by atoms with Crippen molar-refractivity contribution in [3.05, 3.63) is 89.0 Å². The van der Waals surface area contributed by atoms with Crippen LogP contribution >= 0.6 is 0 Å². The van der Waals surface area contributed by atoms with Gasteiger partial charge in [0.1, 0.15) is 17.4 Å². The fourth-order valence-electron chi connectivity index (χ4n) is 6.03. The summed E-state index contributed by atoms with van der Waals surface area (Å²) >= 11 is 0. The average Bonchev–Trinajstić information content (AvgIpc) is 2.85. The van der Waals surface area contributed by atoms with Crippen LogP contribution in [0.4, 0.5) is 8.78 Å². The highest BCUT2D eigenvalue weighted by molar-refractivity contribution is 5.91. The molecule has 4 atom stereocenters. The number of carbonyl (C=O) groups excluding carboxylic acids is 1. The number of ether oxygens (including phenoxy) is 1. The normalized spacial score (nSPS) is 24.6. The van der Waals surface area contributed by atoms with Crippen LogP contribution in [-0.4, -0.2) is 5.97 Å². The maximum absolute atomic E-state index is 15.1. The first-order valence-electron chi connectivity index (χ1n) is 13.0. The summed E-state index contributed by atoms with van der Waals surface area (Å²) < 4.78 is 35.6. The van der Waals surface area contributed by atoms with E-state index in [1.54, 1.807) is 12.1 Å². The molecule has 35 heavy (non-hydrogen) atoms. The summed E-state index contributed by atoms with van der Waals surface area (Å²) in [5.74, 6) is 0.0320. The molecular weight excluding hydrogens is 442 g/mol. The summed E-state index contributed by atoms with van der Waals surface area (Å²) in [6, 6.07) is 9.51. The molecule has 2 aliphatic carbocycles. The van der Waals surface area contributed by atoms with E-state index in [1.807, 2.05) is 25.1 Å². The van der Waals surface area contributed by atoms with Crippen molar-refractivity contribution in [1.29, 1.82) is 0 Å². The van der Waals surface area contributed by atoms with Crippen LogP contribution in [0.15, 0.2) is 60.7 Å². The minimum atomic E-state index is -0.748. The van der Waals surface area contributed by atoms with E-state index in [-0.39, 0.29) is 17.0 Å². The molecule has 2 aliphatic rings. The van der Waals surface area contributed by atoms with Crippen LogP contribution in [-0.2, 0) is 6.42 Å². The van der Waals surface area contributed by atoms with Crippen molar-refractivity contribution in [3.63, 3.8) is 0 Å². The highest BCUT2D eigenvalue weighted by atomic mass is 19.1. The van der Waals surface area contributed by atoms with Crippen molar-refractivity contribution >= 4 is 5.97 Å². The van der Waals surface area contributed by atoms with Crippen molar-refractivity contribution < 1.29 is 18.3 Å². The molecule has 186 valence electrons. The van der Waals surface area contributed by atoms with Gasteiger partial charge >= 0.3 is 5.97 Å². The van der Waals surface area contributed by atoms with Crippen LogP contribution in [0.1, 0.15) is 86.2 Å². The van der Waals surface area contributed by atoms with Gasteiger partial charge in [-0.1, -0.05) is 36.4 Å². The lowest BCUT2D eigenvalue weighted by Crippen LogP contribution is -2.30. The zero-order valence-electron chi connectivity index (χ0n) is 20.8. The second kappa shape index (κ2) is 11.8. The number of rotatable bonds is 7. The van der Waals surface area contributed by atoms with E-state index < -0.39 is 17.6 Å². The molecule has 0 heterocycles. The van der Waals surface area contributed by atoms with Gasteiger partial charge in [0.2, 0.25) is 0 Å². The van der Waals surface area contributed by atoms with Gasteiger partial charge in [-0.2, -0.15) is 0 Å². The number of carbonyl (C=O) groups is 1. The molecule has 0 bridgehead atoms. The van der Waals surface area contributed by atoms with Crippen molar-refractivity contribution in [1.82, 2.24) is 0 Å². The number of fused-ring (bicyclic) bond motifs is 1. The van der Waals surface area contributed by atoms with E-state index in [1.165, 1.54) is 6.42 Å². The molecule has 0 amide bonds. The SMILES string of the molecule is C/C=C/CCc1ccc(OC(=O)c2cc(F)c(C3CCC4CC(/C=C/C)CCC4C3)c(F)c2)cc1. The lowest BCUT2D eigenvalue weighted by Gasteiger charge is -2.42. The third-order valence-electron chi connectivity index (χ3n) is 7.81. The van der Waals surface area contributed by atoms with Gasteiger partial charge in [-0.05, 0) is 119 Å². The van der Waals surface area contributed by atoms with Crippen molar-refractivity contribution in [3.8, 4) is 5.75 Å². The van der Waals surface area contributed by atoms with Gasteiger partial charge in [0, 0.05) is 5.56 Å². The first-order chi connectivity index (χ1) is 17.0. The highest BCUT2D eigenvalue weighted by Gasteiger charge is 2.37. The number of aryl methyl sites for hydroxylation is 1. The third-order valence-corrected chi connectivity index (χ3v) is 7.81. The molecule has 2 aromatic carbocycles. The lowest BCUT2D eigenvalue weighted by atomic mass is 9.63. The molecule has 0 saturated heterocycles. The Morgan fingerprint density at radius 3 is 2.31 bits per heavy atom. The monoisotopic (exact) mass is 478 g/mol. The summed E-state index contributed by atoms with van der Waals surface area (Å²) in [7, 11) is 0. The van der Waals surface area contributed by atoms with Gasteiger partial charge in [-0.3, -0.25) is 0 Å². The number of halogens is 2. The Balaban J connectivity index is 1.40. The lowest BCUT2D eigenvalue weighted by molar-refractivity contribution is 0.0733. The molecule has 0 spiro atoms. The molecule has 2 aromatic rings. The highest BCUT2D eigenvalue weighted by Crippen LogP contribution is 2.48. The summed E-state index contributed by atoms with van der Waals surface area (Å²) in [6.07, 6.45) is 16.5. The summed E-state index contributed by atoms with van der Waals surface area (Å²) in [5.41, 5.74) is 1.18. The van der Waals surface area contributed by atoms with E-state index in [9.17, 15) is 4.79 Å². The molecule has 0 N–H and O–H groups in total. The van der Waals surface area contributed by atoms with Crippen molar-refractivity contribution in [2.45, 2.75) is 71.1 Å². The Morgan fingerprint density at radius 1 is 0.943 bits per heavy atom. The number of benzene rings is 2. The van der Waals surface area contributed by atoms with E-state index in [2.05, 4.69) is 25.2 Å². The Labute approximate surface area is 208 Å². The molecule has 2 nitrogen and oxygen atoms in total. The maximum atomic E-state index is 15.1. The van der Waals surface area contributed by atoms with Crippen LogP contribution in [0.3, 0.4) is 0 Å². The van der Waals surface area contributed by atoms with Crippen LogP contribution in [0.2, 0.25) is 0 Å². The van der Waals surface area contributed by atoms with Gasteiger partial charge in [-0.15, -0.1) is 0 Å². The second-order valence-electron chi connectivity index (χ2n) is 10.1. The topological polar surface area (TPSA) is 26.3 Å². The van der Waals surface area contributed by atoms with E-state index in [4.69, 9.17) is 4.74 Å².